The Morgan fingerprint density at radius 1 is 0.788 bits per heavy atom. The highest BCUT2D eigenvalue weighted by Crippen LogP contribution is 2.28. The van der Waals surface area contributed by atoms with Crippen molar-refractivity contribution in [2.75, 3.05) is 20.1 Å². The third-order valence-electron chi connectivity index (χ3n) is 7.93. The topological polar surface area (TPSA) is 28.1 Å². The third kappa shape index (κ3) is 9.62. The average Bonchev–Trinajstić information content (AvgIpc) is 3.33. The Morgan fingerprint density at radius 2 is 1.33 bits per heavy atom. The average molecular weight is 460 g/mol. The Bertz CT molecular complexity index is 577. The van der Waals surface area contributed by atoms with Gasteiger partial charge in [-0.05, 0) is 44.9 Å². The van der Waals surface area contributed by atoms with Crippen molar-refractivity contribution >= 4 is 5.90 Å². The van der Waals surface area contributed by atoms with Crippen molar-refractivity contribution in [2.45, 2.75) is 148 Å². The maximum Gasteiger partial charge on any atom is 0.213 e. The monoisotopic (exact) mass is 459 g/mol. The fraction of sp³-hybridized carbons (Fsp3) is 0.897. The van der Waals surface area contributed by atoms with Gasteiger partial charge in [0.25, 0.3) is 0 Å². The van der Waals surface area contributed by atoms with Gasteiger partial charge in [0.15, 0.2) is 6.29 Å². The third-order valence-corrected chi connectivity index (χ3v) is 7.93. The number of hydrogen-bond acceptors (Lipinski definition) is 4. The second kappa shape index (κ2) is 15.8. The standard InChI is InChI=1S/C29H53N3O/c1-3-4-5-6-7-8-9-10-11-12-13-14-15-16-20-26-25-28(33-27-21-19-22-27)30-29(31(26)2)32-23-17-18-24-32/h25,27,29H,3-24H2,1-2H3. The second-order valence-electron chi connectivity index (χ2n) is 10.8. The minimum absolute atomic E-state index is 0.147. The van der Waals surface area contributed by atoms with Crippen LogP contribution in [0.1, 0.15) is 135 Å². The second-order valence-corrected chi connectivity index (χ2v) is 10.8. The number of rotatable bonds is 17. The molecule has 0 N–H and O–H groups in total. The van der Waals surface area contributed by atoms with Gasteiger partial charge in [0, 0.05) is 31.9 Å². The summed E-state index contributed by atoms with van der Waals surface area (Å²) in [5.41, 5.74) is 1.43. The van der Waals surface area contributed by atoms with Crippen molar-refractivity contribution in [3.8, 4) is 0 Å². The molecule has 4 heteroatoms. The van der Waals surface area contributed by atoms with E-state index >= 15 is 0 Å². The zero-order valence-corrected chi connectivity index (χ0v) is 22.0. The molecule has 3 rings (SSSR count). The zero-order chi connectivity index (χ0) is 23.1. The summed E-state index contributed by atoms with van der Waals surface area (Å²) in [5.74, 6) is 0.898. The lowest BCUT2D eigenvalue weighted by Gasteiger charge is -2.39. The van der Waals surface area contributed by atoms with Crippen molar-refractivity contribution in [3.05, 3.63) is 11.8 Å². The molecule has 0 spiro atoms. The van der Waals surface area contributed by atoms with E-state index in [0.29, 0.717) is 6.10 Å². The minimum Gasteiger partial charge on any atom is -0.474 e. The SMILES string of the molecule is CCCCCCCCCCCCCCCCC1=CC(OC2CCC2)=NC(N2CCCC2)N1C. The Kier molecular flexibility index (Phi) is 12.7. The van der Waals surface area contributed by atoms with E-state index in [4.69, 9.17) is 9.73 Å². The van der Waals surface area contributed by atoms with E-state index < -0.39 is 0 Å². The van der Waals surface area contributed by atoms with E-state index in [1.54, 1.807) is 0 Å². The summed E-state index contributed by atoms with van der Waals surface area (Å²) in [5, 5.41) is 0. The summed E-state index contributed by atoms with van der Waals surface area (Å²) in [6, 6.07) is 0. The van der Waals surface area contributed by atoms with Crippen molar-refractivity contribution < 1.29 is 4.74 Å². The molecule has 1 saturated heterocycles. The van der Waals surface area contributed by atoms with E-state index in [1.165, 1.54) is 141 Å². The number of likely N-dealkylation sites (tertiary alicyclic amines) is 1. The predicted molar refractivity (Wildman–Crippen MR) is 142 cm³/mol. The van der Waals surface area contributed by atoms with Gasteiger partial charge in [-0.1, -0.05) is 90.4 Å². The van der Waals surface area contributed by atoms with Crippen molar-refractivity contribution in [3.63, 3.8) is 0 Å². The smallest absolute Gasteiger partial charge is 0.213 e. The highest BCUT2D eigenvalue weighted by molar-refractivity contribution is 5.89. The molecule has 2 aliphatic heterocycles. The van der Waals surface area contributed by atoms with Crippen molar-refractivity contribution in [1.82, 2.24) is 9.80 Å². The van der Waals surface area contributed by atoms with Crippen molar-refractivity contribution in [1.29, 1.82) is 0 Å². The van der Waals surface area contributed by atoms with E-state index in [9.17, 15) is 0 Å². The summed E-state index contributed by atoms with van der Waals surface area (Å²) >= 11 is 0. The molecule has 0 aromatic carbocycles. The van der Waals surface area contributed by atoms with Gasteiger partial charge in [0.05, 0.1) is 0 Å². The van der Waals surface area contributed by atoms with Gasteiger partial charge in [-0.15, -0.1) is 0 Å². The first-order valence-corrected chi connectivity index (χ1v) is 14.7. The van der Waals surface area contributed by atoms with Crippen LogP contribution in [-0.4, -0.2) is 48.2 Å². The molecule has 2 fully saturated rings. The fourth-order valence-electron chi connectivity index (χ4n) is 5.40. The lowest BCUT2D eigenvalue weighted by molar-refractivity contribution is 0.0828. The number of allylic oxidation sites excluding steroid dienone is 1. The maximum atomic E-state index is 6.24. The van der Waals surface area contributed by atoms with E-state index in [2.05, 4.69) is 29.8 Å². The van der Waals surface area contributed by atoms with Crippen LogP contribution in [0, 0.1) is 0 Å². The highest BCUT2D eigenvalue weighted by atomic mass is 16.5. The first kappa shape index (κ1) is 26.6. The largest absolute Gasteiger partial charge is 0.474 e. The summed E-state index contributed by atoms with van der Waals surface area (Å²) < 4.78 is 6.24. The molecular formula is C29H53N3O. The minimum atomic E-state index is 0.147. The van der Waals surface area contributed by atoms with Crippen LogP contribution in [0.5, 0.6) is 0 Å². The first-order chi connectivity index (χ1) is 16.3. The summed E-state index contributed by atoms with van der Waals surface area (Å²) in [6.07, 6.45) is 30.1. The summed E-state index contributed by atoms with van der Waals surface area (Å²) in [4.78, 5) is 9.95. The highest BCUT2D eigenvalue weighted by Gasteiger charge is 2.31. The first-order valence-electron chi connectivity index (χ1n) is 14.7. The summed E-state index contributed by atoms with van der Waals surface area (Å²) in [7, 11) is 2.24. The lowest BCUT2D eigenvalue weighted by Crippen LogP contribution is -2.46. The molecule has 1 unspecified atom stereocenters. The summed E-state index contributed by atoms with van der Waals surface area (Å²) in [6.45, 7) is 4.63. The Hall–Kier alpha value is -1.03. The quantitative estimate of drug-likeness (QED) is 0.206. The molecule has 4 nitrogen and oxygen atoms in total. The molecule has 190 valence electrons. The molecule has 0 aromatic heterocycles. The molecule has 33 heavy (non-hydrogen) atoms. The predicted octanol–water partition coefficient (Wildman–Crippen LogP) is 8.03. The van der Waals surface area contributed by atoms with Gasteiger partial charge in [-0.2, -0.15) is 0 Å². The van der Waals surface area contributed by atoms with Crippen LogP contribution in [0.25, 0.3) is 0 Å². The van der Waals surface area contributed by atoms with Gasteiger partial charge >= 0.3 is 0 Å². The van der Waals surface area contributed by atoms with E-state index in [-0.39, 0.29) is 6.29 Å². The van der Waals surface area contributed by atoms with E-state index in [1.807, 2.05) is 0 Å². The molecule has 0 bridgehead atoms. The normalized spacial score (nSPS) is 21.8. The van der Waals surface area contributed by atoms with Crippen LogP contribution in [0.2, 0.25) is 0 Å². The molecule has 1 atom stereocenters. The Balaban J connectivity index is 1.26. The van der Waals surface area contributed by atoms with Crippen LogP contribution >= 0.6 is 0 Å². The van der Waals surface area contributed by atoms with Crippen LogP contribution in [-0.2, 0) is 4.74 Å². The van der Waals surface area contributed by atoms with Gasteiger partial charge in [-0.25, -0.2) is 4.99 Å². The number of aliphatic imine (C=N–C) groups is 1. The van der Waals surface area contributed by atoms with Crippen LogP contribution < -0.4 is 0 Å². The van der Waals surface area contributed by atoms with E-state index in [0.717, 1.165) is 12.3 Å². The van der Waals surface area contributed by atoms with Gasteiger partial charge in [0.2, 0.25) is 5.90 Å². The van der Waals surface area contributed by atoms with Crippen LogP contribution in [0.15, 0.2) is 16.8 Å². The molecule has 2 heterocycles. The van der Waals surface area contributed by atoms with Crippen LogP contribution in [0.3, 0.4) is 0 Å². The van der Waals surface area contributed by atoms with Crippen molar-refractivity contribution in [2.24, 2.45) is 4.99 Å². The molecular weight excluding hydrogens is 406 g/mol. The zero-order valence-electron chi connectivity index (χ0n) is 22.0. The van der Waals surface area contributed by atoms with Gasteiger partial charge in [-0.3, -0.25) is 4.90 Å². The number of hydrogen-bond donors (Lipinski definition) is 0. The number of unbranched alkanes of at least 4 members (excludes halogenated alkanes) is 13. The van der Waals surface area contributed by atoms with Gasteiger partial charge in [0.1, 0.15) is 6.10 Å². The Labute approximate surface area is 205 Å². The van der Waals surface area contributed by atoms with Crippen LogP contribution in [0.4, 0.5) is 0 Å². The lowest BCUT2D eigenvalue weighted by atomic mass is 9.96. The van der Waals surface area contributed by atoms with Gasteiger partial charge < -0.3 is 9.64 Å². The molecule has 1 saturated carbocycles. The molecule has 1 aliphatic carbocycles. The fourth-order valence-corrected chi connectivity index (χ4v) is 5.40. The number of ether oxygens (including phenoxy) is 1. The maximum absolute atomic E-state index is 6.24. The molecule has 0 amide bonds. The Morgan fingerprint density at radius 3 is 1.85 bits per heavy atom. The molecule has 0 aromatic rings. The molecule has 0 radical (unpaired) electrons. The molecule has 3 aliphatic rings. The number of nitrogens with zero attached hydrogens (tertiary/aromatic N) is 3.